The zero-order valence-electron chi connectivity index (χ0n) is 13.9. The van der Waals surface area contributed by atoms with Crippen LogP contribution in [-0.4, -0.2) is 31.9 Å². The van der Waals surface area contributed by atoms with Crippen molar-refractivity contribution in [3.05, 3.63) is 71.8 Å². The molecule has 3 aromatic rings. The van der Waals surface area contributed by atoms with E-state index < -0.39 is 0 Å². The van der Waals surface area contributed by atoms with E-state index in [2.05, 4.69) is 20.8 Å². The molecule has 2 aromatic carbocycles. The number of thioether (sulfide) groups is 1. The van der Waals surface area contributed by atoms with E-state index in [1.54, 1.807) is 4.68 Å². The van der Waals surface area contributed by atoms with E-state index in [-0.39, 0.29) is 17.7 Å². The van der Waals surface area contributed by atoms with Gasteiger partial charge < -0.3 is 5.32 Å². The van der Waals surface area contributed by atoms with Crippen LogP contribution in [0.4, 0.5) is 0 Å². The lowest BCUT2D eigenvalue weighted by Crippen LogP contribution is -2.28. The van der Waals surface area contributed by atoms with Gasteiger partial charge in [-0.1, -0.05) is 72.4 Å². The van der Waals surface area contributed by atoms with Crippen LogP contribution >= 0.6 is 11.8 Å². The lowest BCUT2D eigenvalue weighted by atomic mass is 10.1. The molecule has 0 aliphatic heterocycles. The number of nitrogens with one attached hydrogen (secondary N) is 1. The second-order valence-corrected chi connectivity index (χ2v) is 6.54. The number of hydrogen-bond donors (Lipinski definition) is 1. The summed E-state index contributed by atoms with van der Waals surface area (Å²) in [5.74, 6) is 0.224. The molecule has 0 spiro atoms. The standard InChI is InChI=1S/C18H19N5OS/c1-14(16-10-6-3-7-11-16)19-17(24)13-25-18-20-21-22-23(18)12-15-8-4-2-5-9-15/h2-11,14H,12-13H2,1H3,(H,19,24). The molecule has 0 fully saturated rings. The first-order valence-electron chi connectivity index (χ1n) is 7.99. The lowest BCUT2D eigenvalue weighted by Gasteiger charge is -2.13. The van der Waals surface area contributed by atoms with Gasteiger partial charge in [-0.05, 0) is 28.5 Å². The van der Waals surface area contributed by atoms with Crippen molar-refractivity contribution < 1.29 is 4.79 Å². The molecule has 0 aliphatic rings. The Morgan fingerprint density at radius 2 is 1.80 bits per heavy atom. The van der Waals surface area contributed by atoms with Crippen LogP contribution in [0.2, 0.25) is 0 Å². The topological polar surface area (TPSA) is 72.7 Å². The fourth-order valence-corrected chi connectivity index (χ4v) is 3.08. The predicted molar refractivity (Wildman–Crippen MR) is 97.1 cm³/mol. The molecule has 1 N–H and O–H groups in total. The minimum absolute atomic E-state index is 0.0328. The van der Waals surface area contributed by atoms with Crippen molar-refractivity contribution in [3.8, 4) is 0 Å². The maximum absolute atomic E-state index is 12.2. The zero-order chi connectivity index (χ0) is 17.5. The molecule has 1 heterocycles. The molecular formula is C18H19N5OS. The van der Waals surface area contributed by atoms with Gasteiger partial charge in [-0.25, -0.2) is 4.68 Å². The number of benzene rings is 2. The molecule has 0 saturated carbocycles. The molecule has 7 heteroatoms. The highest BCUT2D eigenvalue weighted by Gasteiger charge is 2.13. The second kappa shape index (κ2) is 8.43. The highest BCUT2D eigenvalue weighted by molar-refractivity contribution is 7.99. The Morgan fingerprint density at radius 1 is 1.12 bits per heavy atom. The van der Waals surface area contributed by atoms with Crippen LogP contribution < -0.4 is 5.32 Å². The molecule has 0 aliphatic carbocycles. The summed E-state index contributed by atoms with van der Waals surface area (Å²) in [4.78, 5) is 12.2. The Labute approximate surface area is 150 Å². The van der Waals surface area contributed by atoms with Gasteiger partial charge in [0.25, 0.3) is 0 Å². The molecule has 1 atom stereocenters. The fourth-order valence-electron chi connectivity index (χ4n) is 2.39. The van der Waals surface area contributed by atoms with Gasteiger partial charge in [0, 0.05) is 0 Å². The normalized spacial score (nSPS) is 11.9. The number of aromatic nitrogens is 4. The quantitative estimate of drug-likeness (QED) is 0.661. The number of tetrazole rings is 1. The minimum Gasteiger partial charge on any atom is -0.349 e. The number of carbonyl (C=O) groups excluding carboxylic acids is 1. The van der Waals surface area contributed by atoms with Crippen molar-refractivity contribution in [1.82, 2.24) is 25.5 Å². The van der Waals surface area contributed by atoms with Crippen LogP contribution in [-0.2, 0) is 11.3 Å². The number of rotatable bonds is 7. The van der Waals surface area contributed by atoms with E-state index in [9.17, 15) is 4.79 Å². The Balaban J connectivity index is 1.54. The number of amides is 1. The van der Waals surface area contributed by atoms with Gasteiger partial charge >= 0.3 is 0 Å². The minimum atomic E-state index is -0.0457. The largest absolute Gasteiger partial charge is 0.349 e. The zero-order valence-corrected chi connectivity index (χ0v) is 14.7. The van der Waals surface area contributed by atoms with E-state index in [0.29, 0.717) is 11.7 Å². The van der Waals surface area contributed by atoms with Crippen molar-refractivity contribution in [1.29, 1.82) is 0 Å². The third-order valence-electron chi connectivity index (χ3n) is 3.68. The number of carbonyl (C=O) groups is 1. The molecule has 6 nitrogen and oxygen atoms in total. The molecular weight excluding hydrogens is 334 g/mol. The van der Waals surface area contributed by atoms with Crippen molar-refractivity contribution in [2.45, 2.75) is 24.7 Å². The highest BCUT2D eigenvalue weighted by atomic mass is 32.2. The van der Waals surface area contributed by atoms with Crippen LogP contribution in [0.5, 0.6) is 0 Å². The molecule has 1 amide bonds. The summed E-state index contributed by atoms with van der Waals surface area (Å²) in [6, 6.07) is 19.8. The average Bonchev–Trinajstić information content (AvgIpc) is 3.08. The second-order valence-electron chi connectivity index (χ2n) is 5.59. The van der Waals surface area contributed by atoms with Gasteiger partial charge in [0.05, 0.1) is 18.3 Å². The van der Waals surface area contributed by atoms with Gasteiger partial charge in [-0.3, -0.25) is 4.79 Å². The molecule has 1 unspecified atom stereocenters. The summed E-state index contributed by atoms with van der Waals surface area (Å²) in [6.07, 6.45) is 0. The molecule has 128 valence electrons. The summed E-state index contributed by atoms with van der Waals surface area (Å²) in [7, 11) is 0. The van der Waals surface area contributed by atoms with Gasteiger partial charge in [0.15, 0.2) is 0 Å². The molecule has 0 saturated heterocycles. The summed E-state index contributed by atoms with van der Waals surface area (Å²) in [5, 5.41) is 15.3. The summed E-state index contributed by atoms with van der Waals surface area (Å²) in [5.41, 5.74) is 2.19. The fraction of sp³-hybridized carbons (Fsp3) is 0.222. The van der Waals surface area contributed by atoms with E-state index in [1.807, 2.05) is 67.6 Å². The Bertz CT molecular complexity index is 807. The van der Waals surface area contributed by atoms with Crippen molar-refractivity contribution >= 4 is 17.7 Å². The molecule has 25 heavy (non-hydrogen) atoms. The average molecular weight is 353 g/mol. The Morgan fingerprint density at radius 3 is 2.52 bits per heavy atom. The van der Waals surface area contributed by atoms with Crippen molar-refractivity contribution in [2.24, 2.45) is 0 Å². The SMILES string of the molecule is CC(NC(=O)CSc1nnnn1Cc1ccccc1)c1ccccc1. The third kappa shape index (κ3) is 4.90. The van der Waals surface area contributed by atoms with Gasteiger partial charge in [0.1, 0.15) is 0 Å². The van der Waals surface area contributed by atoms with E-state index >= 15 is 0 Å². The highest BCUT2D eigenvalue weighted by Crippen LogP contribution is 2.16. The monoisotopic (exact) mass is 353 g/mol. The van der Waals surface area contributed by atoms with Gasteiger partial charge in [-0.2, -0.15) is 0 Å². The molecule has 3 rings (SSSR count). The van der Waals surface area contributed by atoms with Gasteiger partial charge in [-0.15, -0.1) is 5.10 Å². The Kier molecular flexibility index (Phi) is 5.79. The van der Waals surface area contributed by atoms with Gasteiger partial charge in [0.2, 0.25) is 11.1 Å². The van der Waals surface area contributed by atoms with E-state index in [1.165, 1.54) is 11.8 Å². The summed E-state index contributed by atoms with van der Waals surface area (Å²) >= 11 is 1.33. The van der Waals surface area contributed by atoms with E-state index in [0.717, 1.165) is 11.1 Å². The first kappa shape index (κ1) is 17.2. The molecule has 0 bridgehead atoms. The van der Waals surface area contributed by atoms with Crippen LogP contribution in [0.25, 0.3) is 0 Å². The van der Waals surface area contributed by atoms with Crippen molar-refractivity contribution in [3.63, 3.8) is 0 Å². The summed E-state index contributed by atoms with van der Waals surface area (Å²) < 4.78 is 1.70. The first-order valence-corrected chi connectivity index (χ1v) is 8.98. The number of nitrogens with zero attached hydrogens (tertiary/aromatic N) is 4. The molecule has 0 radical (unpaired) electrons. The van der Waals surface area contributed by atoms with Crippen LogP contribution in [0.3, 0.4) is 0 Å². The first-order chi connectivity index (χ1) is 12.2. The predicted octanol–water partition coefficient (Wildman–Crippen LogP) is 2.69. The smallest absolute Gasteiger partial charge is 0.230 e. The van der Waals surface area contributed by atoms with E-state index in [4.69, 9.17) is 0 Å². The third-order valence-corrected chi connectivity index (χ3v) is 4.64. The van der Waals surface area contributed by atoms with Crippen LogP contribution in [0, 0.1) is 0 Å². The molecule has 1 aromatic heterocycles. The summed E-state index contributed by atoms with van der Waals surface area (Å²) in [6.45, 7) is 2.55. The van der Waals surface area contributed by atoms with Crippen LogP contribution in [0.1, 0.15) is 24.1 Å². The van der Waals surface area contributed by atoms with Crippen LogP contribution in [0.15, 0.2) is 65.8 Å². The maximum atomic E-state index is 12.2. The maximum Gasteiger partial charge on any atom is 0.230 e. The lowest BCUT2D eigenvalue weighted by molar-refractivity contribution is -0.119. The number of hydrogen-bond acceptors (Lipinski definition) is 5. The van der Waals surface area contributed by atoms with Crippen molar-refractivity contribution in [2.75, 3.05) is 5.75 Å². The Hall–Kier alpha value is -2.67.